The number of ether oxygens (including phenoxy) is 1. The SMILES string of the molecule is CC(C)C1(O)CC2CCCC(C1)N2C(=O)OC(C)(C)C. The molecule has 2 bridgehead atoms. The first-order valence-electron chi connectivity index (χ1n) is 7.86. The quantitative estimate of drug-likeness (QED) is 0.803. The van der Waals surface area contributed by atoms with Gasteiger partial charge in [-0.3, -0.25) is 0 Å². The largest absolute Gasteiger partial charge is 0.444 e. The Labute approximate surface area is 122 Å². The van der Waals surface area contributed by atoms with E-state index in [1.165, 1.54) is 0 Å². The molecule has 2 saturated heterocycles. The number of fused-ring (bicyclic) bond motifs is 2. The fourth-order valence-corrected chi connectivity index (χ4v) is 3.55. The van der Waals surface area contributed by atoms with Crippen molar-refractivity contribution < 1.29 is 14.6 Å². The number of nitrogens with zero attached hydrogens (tertiary/aromatic N) is 1. The standard InChI is InChI=1S/C16H29NO3/c1-11(2)16(19)9-12-7-6-8-13(10-16)17(12)14(18)20-15(3,4)5/h11-13,19H,6-10H2,1-5H3. The minimum atomic E-state index is -0.631. The van der Waals surface area contributed by atoms with Gasteiger partial charge < -0.3 is 14.7 Å². The normalized spacial score (nSPS) is 34.2. The Balaban J connectivity index is 2.15. The average molecular weight is 283 g/mol. The van der Waals surface area contributed by atoms with Gasteiger partial charge in [0.2, 0.25) is 0 Å². The molecule has 2 fully saturated rings. The van der Waals surface area contributed by atoms with Gasteiger partial charge in [0.05, 0.1) is 5.60 Å². The molecule has 2 aliphatic heterocycles. The number of aliphatic hydroxyl groups is 1. The highest BCUT2D eigenvalue weighted by Gasteiger charge is 2.49. The van der Waals surface area contributed by atoms with Gasteiger partial charge in [0.1, 0.15) is 5.60 Å². The van der Waals surface area contributed by atoms with Gasteiger partial charge >= 0.3 is 6.09 Å². The lowest BCUT2D eigenvalue weighted by atomic mass is 9.71. The van der Waals surface area contributed by atoms with Gasteiger partial charge in [0.15, 0.2) is 0 Å². The van der Waals surface area contributed by atoms with Gasteiger partial charge in [-0.2, -0.15) is 0 Å². The number of carbonyl (C=O) groups excluding carboxylic acids is 1. The van der Waals surface area contributed by atoms with E-state index in [1.54, 1.807) is 0 Å². The number of piperidine rings is 2. The van der Waals surface area contributed by atoms with Crippen LogP contribution in [0.4, 0.5) is 4.79 Å². The molecule has 2 unspecified atom stereocenters. The summed E-state index contributed by atoms with van der Waals surface area (Å²) in [6.45, 7) is 9.83. The number of rotatable bonds is 1. The summed E-state index contributed by atoms with van der Waals surface area (Å²) in [5, 5.41) is 10.8. The third-order valence-corrected chi connectivity index (χ3v) is 4.72. The van der Waals surface area contributed by atoms with Gasteiger partial charge in [-0.25, -0.2) is 4.79 Å². The van der Waals surface area contributed by atoms with Gasteiger partial charge in [-0.05, 0) is 58.8 Å². The fourth-order valence-electron chi connectivity index (χ4n) is 3.55. The number of carbonyl (C=O) groups is 1. The Morgan fingerprint density at radius 1 is 1.25 bits per heavy atom. The first kappa shape index (κ1) is 15.6. The van der Waals surface area contributed by atoms with Gasteiger partial charge in [0.25, 0.3) is 0 Å². The van der Waals surface area contributed by atoms with Crippen LogP contribution in [0, 0.1) is 5.92 Å². The molecule has 0 aromatic carbocycles. The molecule has 0 aliphatic carbocycles. The van der Waals surface area contributed by atoms with Crippen LogP contribution in [0.1, 0.15) is 66.7 Å². The molecule has 4 nitrogen and oxygen atoms in total. The van der Waals surface area contributed by atoms with Crippen LogP contribution in [0.15, 0.2) is 0 Å². The summed E-state index contributed by atoms with van der Waals surface area (Å²) in [7, 11) is 0. The molecule has 2 heterocycles. The lowest BCUT2D eigenvalue weighted by Crippen LogP contribution is -2.61. The summed E-state index contributed by atoms with van der Waals surface area (Å²) in [4.78, 5) is 14.3. The highest BCUT2D eigenvalue weighted by molar-refractivity contribution is 5.69. The Hall–Kier alpha value is -0.770. The zero-order valence-corrected chi connectivity index (χ0v) is 13.5. The first-order chi connectivity index (χ1) is 9.12. The smallest absolute Gasteiger partial charge is 0.410 e. The molecule has 2 aliphatic rings. The second-order valence-electron chi connectivity index (χ2n) is 7.79. The number of amides is 1. The highest BCUT2D eigenvalue weighted by Crippen LogP contribution is 2.42. The van der Waals surface area contributed by atoms with Gasteiger partial charge in [-0.15, -0.1) is 0 Å². The maximum atomic E-state index is 12.4. The zero-order chi connectivity index (χ0) is 15.1. The van der Waals surface area contributed by atoms with Crippen molar-refractivity contribution in [2.75, 3.05) is 0 Å². The van der Waals surface area contributed by atoms with E-state index < -0.39 is 11.2 Å². The molecular weight excluding hydrogens is 254 g/mol. The van der Waals surface area contributed by atoms with Crippen molar-refractivity contribution in [2.45, 2.75) is 90.0 Å². The first-order valence-corrected chi connectivity index (χ1v) is 7.86. The Bertz CT molecular complexity index is 358. The van der Waals surface area contributed by atoms with Crippen molar-refractivity contribution in [2.24, 2.45) is 5.92 Å². The van der Waals surface area contributed by atoms with E-state index in [0.29, 0.717) is 12.8 Å². The summed E-state index contributed by atoms with van der Waals surface area (Å²) in [6, 6.07) is 0.259. The van der Waals surface area contributed by atoms with Crippen LogP contribution < -0.4 is 0 Å². The van der Waals surface area contributed by atoms with E-state index in [9.17, 15) is 9.90 Å². The number of hydrogen-bond acceptors (Lipinski definition) is 3. The monoisotopic (exact) mass is 283 g/mol. The molecule has 2 rings (SSSR count). The molecule has 0 saturated carbocycles. The molecule has 20 heavy (non-hydrogen) atoms. The van der Waals surface area contributed by atoms with Crippen LogP contribution >= 0.6 is 0 Å². The van der Waals surface area contributed by atoms with E-state index in [4.69, 9.17) is 4.74 Å². The van der Waals surface area contributed by atoms with E-state index in [-0.39, 0.29) is 24.1 Å². The van der Waals surface area contributed by atoms with Crippen LogP contribution in [0.2, 0.25) is 0 Å². The fraction of sp³-hybridized carbons (Fsp3) is 0.938. The van der Waals surface area contributed by atoms with Crippen molar-refractivity contribution in [3.05, 3.63) is 0 Å². The van der Waals surface area contributed by atoms with Crippen molar-refractivity contribution in [1.82, 2.24) is 4.90 Å². The predicted molar refractivity (Wildman–Crippen MR) is 78.5 cm³/mol. The predicted octanol–water partition coefficient (Wildman–Crippen LogP) is 3.33. The Kier molecular flexibility index (Phi) is 4.07. The molecular formula is C16H29NO3. The molecule has 0 aromatic rings. The summed E-state index contributed by atoms with van der Waals surface area (Å²) < 4.78 is 5.55. The lowest BCUT2D eigenvalue weighted by molar-refractivity contribution is -0.113. The summed E-state index contributed by atoms with van der Waals surface area (Å²) >= 11 is 0. The second-order valence-corrected chi connectivity index (χ2v) is 7.79. The molecule has 116 valence electrons. The Morgan fingerprint density at radius 2 is 1.75 bits per heavy atom. The van der Waals surface area contributed by atoms with E-state index in [2.05, 4.69) is 13.8 Å². The summed E-state index contributed by atoms with van der Waals surface area (Å²) in [5.41, 5.74) is -1.09. The van der Waals surface area contributed by atoms with Crippen molar-refractivity contribution in [1.29, 1.82) is 0 Å². The second kappa shape index (κ2) is 5.21. The van der Waals surface area contributed by atoms with E-state index in [0.717, 1.165) is 19.3 Å². The molecule has 0 spiro atoms. The van der Waals surface area contributed by atoms with Crippen molar-refractivity contribution in [3.8, 4) is 0 Å². The minimum Gasteiger partial charge on any atom is -0.444 e. The third-order valence-electron chi connectivity index (χ3n) is 4.72. The molecule has 4 heteroatoms. The van der Waals surface area contributed by atoms with Crippen LogP contribution in [0.25, 0.3) is 0 Å². The van der Waals surface area contributed by atoms with Crippen LogP contribution in [0.5, 0.6) is 0 Å². The van der Waals surface area contributed by atoms with E-state index >= 15 is 0 Å². The maximum Gasteiger partial charge on any atom is 0.410 e. The van der Waals surface area contributed by atoms with Crippen LogP contribution in [-0.2, 0) is 4.74 Å². The summed E-state index contributed by atoms with van der Waals surface area (Å²) in [6.07, 6.45) is 4.25. The average Bonchev–Trinajstić information content (AvgIpc) is 2.24. The number of hydrogen-bond donors (Lipinski definition) is 1. The van der Waals surface area contributed by atoms with Crippen LogP contribution in [-0.4, -0.2) is 39.4 Å². The molecule has 0 radical (unpaired) electrons. The molecule has 2 atom stereocenters. The van der Waals surface area contributed by atoms with E-state index in [1.807, 2.05) is 25.7 Å². The third kappa shape index (κ3) is 3.11. The van der Waals surface area contributed by atoms with Gasteiger partial charge in [0, 0.05) is 12.1 Å². The van der Waals surface area contributed by atoms with Crippen molar-refractivity contribution in [3.63, 3.8) is 0 Å². The Morgan fingerprint density at radius 3 is 2.15 bits per heavy atom. The van der Waals surface area contributed by atoms with Gasteiger partial charge in [-0.1, -0.05) is 13.8 Å². The molecule has 1 amide bonds. The van der Waals surface area contributed by atoms with Crippen molar-refractivity contribution >= 4 is 6.09 Å². The molecule has 1 N–H and O–H groups in total. The topological polar surface area (TPSA) is 49.8 Å². The minimum absolute atomic E-state index is 0.129. The maximum absolute atomic E-state index is 12.4. The highest BCUT2D eigenvalue weighted by atomic mass is 16.6. The molecule has 0 aromatic heterocycles. The summed E-state index contributed by atoms with van der Waals surface area (Å²) in [5.74, 6) is 0.228. The lowest BCUT2D eigenvalue weighted by Gasteiger charge is -2.53. The zero-order valence-electron chi connectivity index (χ0n) is 13.5. The van der Waals surface area contributed by atoms with Crippen LogP contribution in [0.3, 0.4) is 0 Å².